The fraction of sp³-hybridized carbons (Fsp3) is 0.333. The Labute approximate surface area is 123 Å². The molecule has 0 amide bonds. The van der Waals surface area contributed by atoms with Crippen LogP contribution in [-0.2, 0) is 0 Å². The van der Waals surface area contributed by atoms with Crippen molar-refractivity contribution in [1.29, 1.82) is 0 Å². The normalized spacial score (nSPS) is 10.6. The summed E-state index contributed by atoms with van der Waals surface area (Å²) >= 11 is 1.50. The first-order chi connectivity index (χ1) is 9.28. The quantitative estimate of drug-likeness (QED) is 0.577. The number of anilines is 2. The van der Waals surface area contributed by atoms with Gasteiger partial charge in [0.1, 0.15) is 5.82 Å². The lowest BCUT2D eigenvalue weighted by Crippen LogP contribution is -1.89. The molecular formula is C12H14FN3S3. The maximum absolute atomic E-state index is 12.8. The molecule has 2 aromatic rings. The molecule has 0 radical (unpaired) electrons. The first-order valence-corrected chi connectivity index (χ1v) is 9.07. The summed E-state index contributed by atoms with van der Waals surface area (Å²) < 4.78 is 13.7. The van der Waals surface area contributed by atoms with Gasteiger partial charge in [-0.2, -0.15) is 0 Å². The van der Waals surface area contributed by atoms with E-state index in [-0.39, 0.29) is 5.82 Å². The van der Waals surface area contributed by atoms with Crippen LogP contribution in [0.4, 0.5) is 15.2 Å². The second-order valence-corrected chi connectivity index (χ2v) is 7.40. The number of nitrogens with one attached hydrogen (secondary N) is 1. The third kappa shape index (κ3) is 5.00. The van der Waals surface area contributed by atoms with Crippen molar-refractivity contribution in [3.05, 3.63) is 30.1 Å². The van der Waals surface area contributed by atoms with Crippen molar-refractivity contribution in [1.82, 2.24) is 10.2 Å². The van der Waals surface area contributed by atoms with Crippen molar-refractivity contribution in [3.63, 3.8) is 0 Å². The summed E-state index contributed by atoms with van der Waals surface area (Å²) in [4.78, 5) is 0. The third-order valence-electron chi connectivity index (χ3n) is 2.21. The van der Waals surface area contributed by atoms with Crippen LogP contribution in [-0.4, -0.2) is 16.0 Å². The number of hydrogen-bond donors (Lipinski definition) is 1. The van der Waals surface area contributed by atoms with Gasteiger partial charge >= 0.3 is 0 Å². The van der Waals surface area contributed by atoms with Crippen molar-refractivity contribution in [2.75, 3.05) is 11.1 Å². The van der Waals surface area contributed by atoms with Gasteiger partial charge in [0.15, 0.2) is 4.34 Å². The van der Waals surface area contributed by atoms with Gasteiger partial charge in [-0.15, -0.1) is 10.2 Å². The number of aromatic nitrogens is 2. The molecule has 0 aliphatic rings. The molecule has 0 fully saturated rings. The first kappa shape index (κ1) is 14.6. The van der Waals surface area contributed by atoms with Crippen LogP contribution in [0, 0.1) is 5.82 Å². The number of nitrogens with zero attached hydrogens (tertiary/aromatic N) is 2. The molecular weight excluding hydrogens is 301 g/mol. The van der Waals surface area contributed by atoms with Crippen LogP contribution < -0.4 is 5.32 Å². The lowest BCUT2D eigenvalue weighted by Gasteiger charge is -2.00. The van der Waals surface area contributed by atoms with E-state index < -0.39 is 0 Å². The van der Waals surface area contributed by atoms with Gasteiger partial charge in [0.05, 0.1) is 0 Å². The Kier molecular flexibility index (Phi) is 5.93. The Morgan fingerprint density at radius 2 is 2.05 bits per heavy atom. The highest BCUT2D eigenvalue weighted by atomic mass is 33.1. The van der Waals surface area contributed by atoms with Crippen molar-refractivity contribution >= 4 is 43.7 Å². The van der Waals surface area contributed by atoms with Crippen LogP contribution in [0.2, 0.25) is 0 Å². The zero-order valence-electron chi connectivity index (χ0n) is 10.4. The zero-order chi connectivity index (χ0) is 13.5. The topological polar surface area (TPSA) is 37.8 Å². The predicted molar refractivity (Wildman–Crippen MR) is 82.8 cm³/mol. The lowest BCUT2D eigenvalue weighted by molar-refractivity contribution is 0.628. The predicted octanol–water partition coefficient (Wildman–Crippen LogP) is 4.96. The molecule has 0 bridgehead atoms. The molecule has 0 aliphatic heterocycles. The molecule has 0 unspecified atom stereocenters. The average molecular weight is 315 g/mol. The molecule has 1 N–H and O–H groups in total. The SMILES string of the molecule is CCCCSSc1nnc(Nc2ccc(F)cc2)s1. The Balaban J connectivity index is 1.85. The minimum absolute atomic E-state index is 0.244. The highest BCUT2D eigenvalue weighted by Gasteiger charge is 2.05. The van der Waals surface area contributed by atoms with Crippen LogP contribution >= 0.6 is 32.9 Å². The monoisotopic (exact) mass is 315 g/mol. The van der Waals surface area contributed by atoms with Gasteiger partial charge in [-0.3, -0.25) is 0 Å². The fourth-order valence-electron chi connectivity index (χ4n) is 1.25. The summed E-state index contributed by atoms with van der Waals surface area (Å²) in [7, 11) is 3.46. The number of unbranched alkanes of at least 4 members (excludes halogenated alkanes) is 1. The largest absolute Gasteiger partial charge is 0.330 e. The third-order valence-corrected chi connectivity index (χ3v) is 5.79. The number of hydrogen-bond acceptors (Lipinski definition) is 6. The van der Waals surface area contributed by atoms with Crippen molar-refractivity contribution < 1.29 is 4.39 Å². The van der Waals surface area contributed by atoms with Gasteiger partial charge in [-0.1, -0.05) is 35.5 Å². The van der Waals surface area contributed by atoms with E-state index in [0.717, 1.165) is 20.9 Å². The van der Waals surface area contributed by atoms with Crippen molar-refractivity contribution in [3.8, 4) is 0 Å². The second-order valence-electron chi connectivity index (χ2n) is 3.76. The zero-order valence-corrected chi connectivity index (χ0v) is 12.9. The van der Waals surface area contributed by atoms with E-state index in [1.807, 2.05) is 0 Å². The lowest BCUT2D eigenvalue weighted by atomic mass is 10.3. The molecule has 7 heteroatoms. The van der Waals surface area contributed by atoms with Crippen LogP contribution in [0.5, 0.6) is 0 Å². The Morgan fingerprint density at radius 1 is 1.26 bits per heavy atom. The van der Waals surface area contributed by atoms with Gasteiger partial charge in [0.2, 0.25) is 5.13 Å². The van der Waals surface area contributed by atoms with Gasteiger partial charge < -0.3 is 5.32 Å². The number of halogens is 1. The minimum atomic E-state index is -0.244. The van der Waals surface area contributed by atoms with E-state index in [1.165, 1.54) is 36.3 Å². The molecule has 0 spiro atoms. The Bertz CT molecular complexity index is 501. The number of rotatable bonds is 7. The number of benzene rings is 1. The van der Waals surface area contributed by atoms with Crippen LogP contribution in [0.15, 0.2) is 28.6 Å². The molecule has 19 heavy (non-hydrogen) atoms. The van der Waals surface area contributed by atoms with E-state index in [2.05, 4.69) is 22.4 Å². The summed E-state index contributed by atoms with van der Waals surface area (Å²) in [6, 6.07) is 6.19. The average Bonchev–Trinajstić information content (AvgIpc) is 2.85. The Morgan fingerprint density at radius 3 is 2.79 bits per heavy atom. The van der Waals surface area contributed by atoms with Crippen LogP contribution in [0.3, 0.4) is 0 Å². The summed E-state index contributed by atoms with van der Waals surface area (Å²) in [5.74, 6) is 0.882. The van der Waals surface area contributed by atoms with E-state index in [9.17, 15) is 4.39 Å². The van der Waals surface area contributed by atoms with Crippen molar-refractivity contribution in [2.45, 2.75) is 24.1 Å². The highest BCUT2D eigenvalue weighted by molar-refractivity contribution is 8.77. The Hall–Kier alpha value is -0.790. The van der Waals surface area contributed by atoms with E-state index >= 15 is 0 Å². The van der Waals surface area contributed by atoms with Gasteiger partial charge in [-0.05, 0) is 41.5 Å². The maximum Gasteiger partial charge on any atom is 0.210 e. The molecule has 102 valence electrons. The van der Waals surface area contributed by atoms with Crippen molar-refractivity contribution in [2.24, 2.45) is 0 Å². The summed E-state index contributed by atoms with van der Waals surface area (Å²) in [5, 5.41) is 12.0. The van der Waals surface area contributed by atoms with E-state index in [4.69, 9.17) is 0 Å². The summed E-state index contributed by atoms with van der Waals surface area (Å²) in [6.45, 7) is 2.18. The minimum Gasteiger partial charge on any atom is -0.330 e. The molecule has 2 rings (SSSR count). The fourth-order valence-corrected chi connectivity index (χ4v) is 4.53. The smallest absolute Gasteiger partial charge is 0.210 e. The molecule has 0 atom stereocenters. The maximum atomic E-state index is 12.8. The molecule has 1 aromatic carbocycles. The van der Waals surface area contributed by atoms with Gasteiger partial charge in [0.25, 0.3) is 0 Å². The van der Waals surface area contributed by atoms with Gasteiger partial charge in [0, 0.05) is 11.4 Å². The summed E-state index contributed by atoms with van der Waals surface area (Å²) in [5.41, 5.74) is 0.813. The highest BCUT2D eigenvalue weighted by Crippen LogP contribution is 2.35. The second kappa shape index (κ2) is 7.72. The summed E-state index contributed by atoms with van der Waals surface area (Å²) in [6.07, 6.45) is 2.43. The van der Waals surface area contributed by atoms with Crippen LogP contribution in [0.25, 0.3) is 0 Å². The molecule has 0 saturated heterocycles. The molecule has 1 aromatic heterocycles. The first-order valence-electron chi connectivity index (χ1n) is 5.93. The molecule has 1 heterocycles. The molecule has 0 saturated carbocycles. The standard InChI is InChI=1S/C12H14FN3S3/c1-2-3-8-17-19-12-16-15-11(18-12)14-10-6-4-9(13)5-7-10/h4-7H,2-3,8H2,1H3,(H,14,15). The van der Waals surface area contributed by atoms with Crippen LogP contribution in [0.1, 0.15) is 19.8 Å². The molecule has 0 aliphatic carbocycles. The van der Waals surface area contributed by atoms with Gasteiger partial charge in [-0.25, -0.2) is 4.39 Å². The van der Waals surface area contributed by atoms with E-state index in [1.54, 1.807) is 33.7 Å². The molecule has 3 nitrogen and oxygen atoms in total. The van der Waals surface area contributed by atoms with E-state index in [0.29, 0.717) is 0 Å².